The number of H-pyrrole nitrogens is 1. The maximum atomic E-state index is 4.68. The van der Waals surface area contributed by atoms with Crippen LogP contribution in [0.1, 0.15) is 24.4 Å². The van der Waals surface area contributed by atoms with E-state index >= 15 is 0 Å². The molecule has 0 radical (unpaired) electrons. The second-order valence-electron chi connectivity index (χ2n) is 4.61. The van der Waals surface area contributed by atoms with E-state index in [0.29, 0.717) is 0 Å². The fraction of sp³-hybridized carbons (Fsp3) is 0.462. The van der Waals surface area contributed by atoms with E-state index in [1.807, 2.05) is 0 Å². The second-order valence-corrected chi connectivity index (χ2v) is 5.56. The molecule has 1 fully saturated rings. The molecular formula is C13H17N3S. The molecule has 0 aliphatic heterocycles. The van der Waals surface area contributed by atoms with Crippen molar-refractivity contribution in [2.45, 2.75) is 32.2 Å². The Balaban J connectivity index is 1.67. The van der Waals surface area contributed by atoms with Crippen molar-refractivity contribution in [1.82, 2.24) is 15.3 Å². The van der Waals surface area contributed by atoms with Gasteiger partial charge in [-0.3, -0.25) is 0 Å². The van der Waals surface area contributed by atoms with Crippen LogP contribution in [0.2, 0.25) is 0 Å². The molecule has 3 rings (SSSR count). The van der Waals surface area contributed by atoms with Crippen LogP contribution >= 0.6 is 11.3 Å². The standard InChI is InChI=1S/C13H17N3S/c1-9-13(11-3-2-8-17-11)16-12(15-9)6-7-14-10-4-5-10/h2-3,8,10,14H,4-7H2,1H3,(H,15,16). The number of aryl methyl sites for hydroxylation is 1. The average molecular weight is 247 g/mol. The highest BCUT2D eigenvalue weighted by Gasteiger charge is 2.20. The molecule has 1 aliphatic rings. The highest BCUT2D eigenvalue weighted by atomic mass is 32.1. The van der Waals surface area contributed by atoms with Crippen molar-refractivity contribution >= 4 is 11.3 Å². The number of nitrogens with one attached hydrogen (secondary N) is 2. The predicted molar refractivity (Wildman–Crippen MR) is 71.4 cm³/mol. The average Bonchev–Trinajstić information content (AvgIpc) is 2.85. The summed E-state index contributed by atoms with van der Waals surface area (Å²) in [5, 5.41) is 5.61. The van der Waals surface area contributed by atoms with Crippen LogP contribution < -0.4 is 5.32 Å². The molecule has 2 aromatic heterocycles. The summed E-state index contributed by atoms with van der Waals surface area (Å²) in [6.07, 6.45) is 3.68. The second kappa shape index (κ2) is 4.63. The minimum atomic E-state index is 0.780. The Morgan fingerprint density at radius 2 is 2.41 bits per heavy atom. The molecule has 17 heavy (non-hydrogen) atoms. The maximum absolute atomic E-state index is 4.68. The molecule has 90 valence electrons. The van der Waals surface area contributed by atoms with Crippen molar-refractivity contribution in [3.63, 3.8) is 0 Å². The normalized spacial score (nSPS) is 15.4. The zero-order valence-corrected chi connectivity index (χ0v) is 10.8. The van der Waals surface area contributed by atoms with Crippen molar-refractivity contribution in [1.29, 1.82) is 0 Å². The number of hydrogen-bond donors (Lipinski definition) is 2. The summed E-state index contributed by atoms with van der Waals surface area (Å²) < 4.78 is 0. The van der Waals surface area contributed by atoms with E-state index in [0.717, 1.165) is 30.5 Å². The van der Waals surface area contributed by atoms with Gasteiger partial charge in [0.25, 0.3) is 0 Å². The van der Waals surface area contributed by atoms with Crippen LogP contribution in [0.25, 0.3) is 10.6 Å². The topological polar surface area (TPSA) is 40.7 Å². The molecule has 2 N–H and O–H groups in total. The maximum Gasteiger partial charge on any atom is 0.108 e. The molecule has 1 saturated carbocycles. The Hall–Kier alpha value is -1.13. The Morgan fingerprint density at radius 1 is 1.53 bits per heavy atom. The Morgan fingerprint density at radius 3 is 3.12 bits per heavy atom. The molecule has 0 amide bonds. The molecule has 1 aliphatic carbocycles. The van der Waals surface area contributed by atoms with Crippen molar-refractivity contribution < 1.29 is 0 Å². The van der Waals surface area contributed by atoms with E-state index < -0.39 is 0 Å². The third-order valence-corrected chi connectivity index (χ3v) is 3.94. The van der Waals surface area contributed by atoms with Gasteiger partial charge in [-0.1, -0.05) is 6.07 Å². The van der Waals surface area contributed by atoms with Gasteiger partial charge < -0.3 is 10.3 Å². The third kappa shape index (κ3) is 2.58. The number of rotatable bonds is 5. The quantitative estimate of drug-likeness (QED) is 0.853. The molecule has 4 heteroatoms. The van der Waals surface area contributed by atoms with Crippen LogP contribution in [0.5, 0.6) is 0 Å². The molecule has 3 nitrogen and oxygen atoms in total. The summed E-state index contributed by atoms with van der Waals surface area (Å²) >= 11 is 1.74. The molecule has 0 bridgehead atoms. The monoisotopic (exact) mass is 247 g/mol. The van der Waals surface area contributed by atoms with Crippen molar-refractivity contribution in [3.05, 3.63) is 29.0 Å². The SMILES string of the molecule is Cc1[nH]c(CCNC2CC2)nc1-c1cccs1. The summed E-state index contributed by atoms with van der Waals surface area (Å²) in [5.41, 5.74) is 2.29. The van der Waals surface area contributed by atoms with Gasteiger partial charge in [0.05, 0.1) is 4.88 Å². The number of nitrogens with zero attached hydrogens (tertiary/aromatic N) is 1. The van der Waals surface area contributed by atoms with Gasteiger partial charge in [-0.05, 0) is 31.2 Å². The first-order valence-corrected chi connectivity index (χ1v) is 7.03. The first-order chi connectivity index (χ1) is 8.33. The fourth-order valence-electron chi connectivity index (χ4n) is 1.98. The van der Waals surface area contributed by atoms with Gasteiger partial charge in [0, 0.05) is 24.7 Å². The van der Waals surface area contributed by atoms with Crippen LogP contribution in [0.4, 0.5) is 0 Å². The van der Waals surface area contributed by atoms with Gasteiger partial charge in [0.15, 0.2) is 0 Å². The molecule has 2 aromatic rings. The van der Waals surface area contributed by atoms with Crippen molar-refractivity contribution in [2.24, 2.45) is 0 Å². The summed E-state index contributed by atoms with van der Waals surface area (Å²) in [4.78, 5) is 9.32. The Labute approximate surface area is 105 Å². The molecule has 0 unspecified atom stereocenters. The number of aromatic amines is 1. The van der Waals surface area contributed by atoms with Gasteiger partial charge in [0.2, 0.25) is 0 Å². The van der Waals surface area contributed by atoms with Gasteiger partial charge in [-0.2, -0.15) is 0 Å². The van der Waals surface area contributed by atoms with Gasteiger partial charge in [-0.25, -0.2) is 4.98 Å². The number of hydrogen-bond acceptors (Lipinski definition) is 3. The van der Waals surface area contributed by atoms with Crippen molar-refractivity contribution in [2.75, 3.05) is 6.54 Å². The lowest BCUT2D eigenvalue weighted by molar-refractivity contribution is 0.669. The van der Waals surface area contributed by atoms with E-state index in [2.05, 4.69) is 39.7 Å². The van der Waals surface area contributed by atoms with Crippen LogP contribution in [-0.4, -0.2) is 22.6 Å². The zero-order valence-electron chi connectivity index (χ0n) is 9.99. The predicted octanol–water partition coefficient (Wildman–Crippen LogP) is 2.74. The first kappa shape index (κ1) is 11.0. The lowest BCUT2D eigenvalue weighted by Crippen LogP contribution is -2.19. The van der Waals surface area contributed by atoms with Gasteiger partial charge in [0.1, 0.15) is 11.5 Å². The van der Waals surface area contributed by atoms with E-state index in [1.54, 1.807) is 11.3 Å². The highest BCUT2D eigenvalue weighted by Crippen LogP contribution is 2.25. The van der Waals surface area contributed by atoms with E-state index in [4.69, 9.17) is 0 Å². The van der Waals surface area contributed by atoms with E-state index in [1.165, 1.54) is 23.4 Å². The van der Waals surface area contributed by atoms with Gasteiger partial charge in [-0.15, -0.1) is 11.3 Å². The summed E-state index contributed by atoms with van der Waals surface area (Å²) in [7, 11) is 0. The minimum Gasteiger partial charge on any atom is -0.346 e. The molecule has 0 atom stereocenters. The smallest absolute Gasteiger partial charge is 0.108 e. The molecule has 0 aromatic carbocycles. The zero-order chi connectivity index (χ0) is 11.7. The van der Waals surface area contributed by atoms with Crippen LogP contribution in [-0.2, 0) is 6.42 Å². The third-order valence-electron chi connectivity index (χ3n) is 3.06. The minimum absolute atomic E-state index is 0.780. The number of imidazole rings is 1. The summed E-state index contributed by atoms with van der Waals surface area (Å²) in [5.74, 6) is 1.10. The van der Waals surface area contributed by atoms with Crippen LogP contribution in [0.15, 0.2) is 17.5 Å². The number of thiophene rings is 1. The van der Waals surface area contributed by atoms with E-state index in [9.17, 15) is 0 Å². The molecule has 2 heterocycles. The van der Waals surface area contributed by atoms with Crippen LogP contribution in [0.3, 0.4) is 0 Å². The summed E-state index contributed by atoms with van der Waals surface area (Å²) in [6.45, 7) is 3.13. The van der Waals surface area contributed by atoms with Crippen molar-refractivity contribution in [3.8, 4) is 10.6 Å². The lowest BCUT2D eigenvalue weighted by Gasteiger charge is -1.98. The van der Waals surface area contributed by atoms with Gasteiger partial charge >= 0.3 is 0 Å². The first-order valence-electron chi connectivity index (χ1n) is 6.15. The van der Waals surface area contributed by atoms with Crippen LogP contribution in [0, 0.1) is 6.92 Å². The fourth-order valence-corrected chi connectivity index (χ4v) is 2.75. The Kier molecular flexibility index (Phi) is 2.99. The summed E-state index contributed by atoms with van der Waals surface area (Å²) in [6, 6.07) is 4.98. The molecule has 0 spiro atoms. The van der Waals surface area contributed by atoms with E-state index in [-0.39, 0.29) is 0 Å². The largest absolute Gasteiger partial charge is 0.346 e. The molecule has 0 saturated heterocycles. The Bertz CT molecular complexity index is 483. The molecular weight excluding hydrogens is 230 g/mol. The number of aromatic nitrogens is 2. The highest BCUT2D eigenvalue weighted by molar-refractivity contribution is 7.13. The lowest BCUT2D eigenvalue weighted by atomic mass is 10.3.